The largest absolute Gasteiger partial charge is 0.390 e. The summed E-state index contributed by atoms with van der Waals surface area (Å²) in [5.74, 6) is 0.376. The molecule has 0 aliphatic rings. The predicted octanol–water partition coefficient (Wildman–Crippen LogP) is 1.93. The van der Waals surface area contributed by atoms with Crippen LogP contribution in [0.5, 0.6) is 0 Å². The lowest BCUT2D eigenvalue weighted by Crippen LogP contribution is -2.22. The molecule has 0 saturated heterocycles. The lowest BCUT2D eigenvalue weighted by molar-refractivity contribution is 0.0884. The van der Waals surface area contributed by atoms with Gasteiger partial charge >= 0.3 is 0 Å². The summed E-state index contributed by atoms with van der Waals surface area (Å²) >= 11 is 0. The zero-order chi connectivity index (χ0) is 12.9. The molecule has 0 saturated carbocycles. The van der Waals surface area contributed by atoms with Crippen LogP contribution < -0.4 is 5.73 Å². The lowest BCUT2D eigenvalue weighted by Gasteiger charge is -2.15. The maximum Gasteiger partial charge on any atom is 0.153 e. The van der Waals surface area contributed by atoms with Crippen molar-refractivity contribution in [1.29, 1.82) is 0 Å². The summed E-state index contributed by atoms with van der Waals surface area (Å²) in [6.07, 6.45) is 0.471. The van der Waals surface area contributed by atoms with Gasteiger partial charge in [0, 0.05) is 17.7 Å². The van der Waals surface area contributed by atoms with Gasteiger partial charge < -0.3 is 10.8 Å². The van der Waals surface area contributed by atoms with E-state index >= 15 is 0 Å². The van der Waals surface area contributed by atoms with Gasteiger partial charge in [-0.2, -0.15) is 5.10 Å². The summed E-state index contributed by atoms with van der Waals surface area (Å²) < 4.78 is 0. The molecule has 0 amide bonds. The van der Waals surface area contributed by atoms with Crippen LogP contribution in [0, 0.1) is 0 Å². The summed E-state index contributed by atoms with van der Waals surface area (Å²) in [4.78, 5) is 0. The Kier molecular flexibility index (Phi) is 4.40. The normalized spacial score (nSPS) is 13.9. The van der Waals surface area contributed by atoms with Crippen LogP contribution in [-0.2, 0) is 0 Å². The van der Waals surface area contributed by atoms with E-state index in [0.29, 0.717) is 12.3 Å². The molecular weight excluding hydrogens is 214 g/mol. The lowest BCUT2D eigenvalue weighted by atomic mass is 10.0. The molecular formula is C13H19N3O. The molecule has 0 aliphatic heterocycles. The highest BCUT2D eigenvalue weighted by atomic mass is 16.3. The van der Waals surface area contributed by atoms with Crippen molar-refractivity contribution in [2.75, 3.05) is 0 Å². The molecule has 0 aromatic heterocycles. The summed E-state index contributed by atoms with van der Waals surface area (Å²) in [5.41, 5.74) is 6.60. The molecule has 1 aromatic rings. The van der Waals surface area contributed by atoms with Crippen molar-refractivity contribution >= 4 is 11.5 Å². The Balaban J connectivity index is 2.74. The average molecular weight is 233 g/mol. The summed E-state index contributed by atoms with van der Waals surface area (Å²) in [6.45, 7) is 5.28. The van der Waals surface area contributed by atoms with Crippen LogP contribution in [0.4, 0.5) is 0 Å². The number of benzene rings is 1. The van der Waals surface area contributed by atoms with Crippen molar-refractivity contribution in [3.8, 4) is 0 Å². The first-order chi connectivity index (χ1) is 7.88. The Labute approximate surface area is 102 Å². The Morgan fingerprint density at radius 2 is 1.82 bits per heavy atom. The maximum absolute atomic E-state index is 9.61. The van der Waals surface area contributed by atoms with Crippen molar-refractivity contribution in [2.24, 2.45) is 15.9 Å². The first kappa shape index (κ1) is 13.4. The minimum absolute atomic E-state index is 0.376. The first-order valence-electron chi connectivity index (χ1n) is 5.53. The molecule has 4 heteroatoms. The molecule has 0 atom stereocenters. The molecule has 0 radical (unpaired) electrons. The molecule has 0 fully saturated rings. The van der Waals surface area contributed by atoms with Crippen LogP contribution in [0.1, 0.15) is 32.8 Å². The van der Waals surface area contributed by atoms with Crippen molar-refractivity contribution in [2.45, 2.75) is 32.8 Å². The average Bonchev–Trinajstić information content (AvgIpc) is 2.25. The Morgan fingerprint density at radius 3 is 2.35 bits per heavy atom. The number of hydrogen-bond donors (Lipinski definition) is 2. The van der Waals surface area contributed by atoms with E-state index in [2.05, 4.69) is 10.2 Å². The summed E-state index contributed by atoms with van der Waals surface area (Å²) in [5, 5.41) is 17.6. The third kappa shape index (κ3) is 5.26. The van der Waals surface area contributed by atoms with Crippen LogP contribution in [0.15, 0.2) is 40.5 Å². The molecule has 1 aromatic carbocycles. The highest BCUT2D eigenvalue weighted by Crippen LogP contribution is 2.08. The van der Waals surface area contributed by atoms with E-state index in [9.17, 15) is 5.11 Å². The zero-order valence-corrected chi connectivity index (χ0v) is 10.5. The van der Waals surface area contributed by atoms with Crippen molar-refractivity contribution in [1.82, 2.24) is 0 Å². The summed E-state index contributed by atoms with van der Waals surface area (Å²) in [6, 6.07) is 9.45. The minimum Gasteiger partial charge on any atom is -0.390 e. The fraction of sp³-hybridized carbons (Fsp3) is 0.385. The number of nitrogens with two attached hydrogens (primary N) is 1. The van der Waals surface area contributed by atoms with Gasteiger partial charge in [-0.15, -0.1) is 5.10 Å². The van der Waals surface area contributed by atoms with E-state index < -0.39 is 5.60 Å². The van der Waals surface area contributed by atoms with Gasteiger partial charge in [-0.05, 0) is 20.8 Å². The van der Waals surface area contributed by atoms with E-state index in [1.54, 1.807) is 13.8 Å². The molecule has 0 bridgehead atoms. The quantitative estimate of drug-likeness (QED) is 0.474. The van der Waals surface area contributed by atoms with E-state index in [1.165, 1.54) is 0 Å². The smallest absolute Gasteiger partial charge is 0.153 e. The summed E-state index contributed by atoms with van der Waals surface area (Å²) in [7, 11) is 0. The van der Waals surface area contributed by atoms with Crippen molar-refractivity contribution in [3.63, 3.8) is 0 Å². The molecule has 3 N–H and O–H groups in total. The topological polar surface area (TPSA) is 71.0 Å². The second-order valence-electron chi connectivity index (χ2n) is 4.68. The van der Waals surface area contributed by atoms with E-state index in [0.717, 1.165) is 11.3 Å². The zero-order valence-electron chi connectivity index (χ0n) is 10.5. The van der Waals surface area contributed by atoms with Gasteiger partial charge in [0.1, 0.15) is 0 Å². The van der Waals surface area contributed by atoms with Gasteiger partial charge in [-0.3, -0.25) is 0 Å². The molecule has 4 nitrogen and oxygen atoms in total. The predicted molar refractivity (Wildman–Crippen MR) is 71.2 cm³/mol. The van der Waals surface area contributed by atoms with Crippen LogP contribution in [0.3, 0.4) is 0 Å². The Morgan fingerprint density at radius 1 is 1.24 bits per heavy atom. The molecule has 92 valence electrons. The Bertz CT molecular complexity index is 416. The van der Waals surface area contributed by atoms with E-state index in [-0.39, 0.29) is 0 Å². The highest BCUT2D eigenvalue weighted by molar-refractivity contribution is 5.97. The highest BCUT2D eigenvalue weighted by Gasteiger charge is 2.13. The third-order valence-electron chi connectivity index (χ3n) is 2.09. The number of rotatable bonds is 4. The van der Waals surface area contributed by atoms with Crippen molar-refractivity contribution in [3.05, 3.63) is 35.9 Å². The fourth-order valence-corrected chi connectivity index (χ4v) is 1.47. The van der Waals surface area contributed by atoms with E-state index in [1.807, 2.05) is 37.3 Å². The van der Waals surface area contributed by atoms with Gasteiger partial charge in [0.2, 0.25) is 0 Å². The molecule has 0 heterocycles. The van der Waals surface area contributed by atoms with Crippen LogP contribution in [0.25, 0.3) is 0 Å². The van der Waals surface area contributed by atoms with E-state index in [4.69, 9.17) is 5.73 Å². The molecule has 1 rings (SSSR count). The molecule has 0 unspecified atom stereocenters. The minimum atomic E-state index is -0.773. The molecule has 17 heavy (non-hydrogen) atoms. The number of amidine groups is 1. The second-order valence-corrected chi connectivity index (χ2v) is 4.68. The van der Waals surface area contributed by atoms with Crippen LogP contribution in [-0.4, -0.2) is 22.3 Å². The van der Waals surface area contributed by atoms with Gasteiger partial charge in [0.25, 0.3) is 0 Å². The number of aliphatic hydroxyl groups is 1. The number of hydrogen-bond acceptors (Lipinski definition) is 3. The van der Waals surface area contributed by atoms with Gasteiger partial charge in [-0.1, -0.05) is 30.3 Å². The van der Waals surface area contributed by atoms with Gasteiger partial charge in [0.05, 0.1) is 5.60 Å². The first-order valence-corrected chi connectivity index (χ1v) is 5.53. The maximum atomic E-state index is 9.61. The Hall–Kier alpha value is -1.68. The SMILES string of the molecule is CC(CC(C)(C)O)=NN=C(N)c1ccccc1. The molecule has 0 aliphatic carbocycles. The number of nitrogens with zero attached hydrogens (tertiary/aromatic N) is 2. The fourth-order valence-electron chi connectivity index (χ4n) is 1.47. The van der Waals surface area contributed by atoms with Crippen molar-refractivity contribution < 1.29 is 5.11 Å². The third-order valence-corrected chi connectivity index (χ3v) is 2.09. The van der Waals surface area contributed by atoms with Crippen LogP contribution >= 0.6 is 0 Å². The van der Waals surface area contributed by atoms with Gasteiger partial charge in [0.15, 0.2) is 5.84 Å². The molecule has 0 spiro atoms. The monoisotopic (exact) mass is 233 g/mol. The second kappa shape index (κ2) is 5.59. The van der Waals surface area contributed by atoms with Crippen LogP contribution in [0.2, 0.25) is 0 Å². The van der Waals surface area contributed by atoms with Gasteiger partial charge in [-0.25, -0.2) is 0 Å². The standard InChI is InChI=1S/C13H19N3O/c1-10(9-13(2,3)17)15-16-12(14)11-7-5-4-6-8-11/h4-8,17H,9H2,1-3H3,(H2,14,16).